The largest absolute Gasteiger partial charge is 0.349 e. The van der Waals surface area contributed by atoms with Crippen LogP contribution in [0.5, 0.6) is 0 Å². The number of anilines is 1. The average molecular weight is 498 g/mol. The van der Waals surface area contributed by atoms with Crippen LogP contribution in [0, 0.1) is 5.82 Å². The van der Waals surface area contributed by atoms with Gasteiger partial charge in [-0.2, -0.15) is 4.31 Å². The van der Waals surface area contributed by atoms with Crippen molar-refractivity contribution in [3.63, 3.8) is 0 Å². The molecule has 2 aliphatic rings. The van der Waals surface area contributed by atoms with Crippen LogP contribution >= 0.6 is 0 Å². The number of benzene rings is 1. The van der Waals surface area contributed by atoms with Gasteiger partial charge in [0, 0.05) is 24.5 Å². The lowest BCUT2D eigenvalue weighted by atomic mass is 9.99. The van der Waals surface area contributed by atoms with Crippen molar-refractivity contribution >= 4 is 31.6 Å². The first-order chi connectivity index (χ1) is 14.6. The number of hydrogen-bond donors (Lipinski definition) is 2. The van der Waals surface area contributed by atoms with Gasteiger partial charge in [-0.25, -0.2) is 30.0 Å². The lowest BCUT2D eigenvalue weighted by Gasteiger charge is -2.37. The predicted octanol–water partition coefficient (Wildman–Crippen LogP) is 2.30. The molecule has 0 aromatic heterocycles. The third-order valence-corrected chi connectivity index (χ3v) is 8.32. The molecule has 180 valence electrons. The van der Waals surface area contributed by atoms with E-state index in [-0.39, 0.29) is 29.4 Å². The van der Waals surface area contributed by atoms with Gasteiger partial charge in [0.25, 0.3) is 5.91 Å². The summed E-state index contributed by atoms with van der Waals surface area (Å²) in [6.07, 6.45) is 2.41. The maximum atomic E-state index is 13.7. The number of fused-ring (bicyclic) bond motifs is 2. The molecular formula is C19H26F3N3O5S2. The zero-order valence-electron chi connectivity index (χ0n) is 17.6. The van der Waals surface area contributed by atoms with Crippen LogP contribution in [-0.4, -0.2) is 63.1 Å². The molecule has 8 nitrogen and oxygen atoms in total. The number of carbonyl (C=O) groups is 1. The molecule has 1 amide bonds. The molecule has 0 radical (unpaired) electrons. The quantitative estimate of drug-likeness (QED) is 0.572. The van der Waals surface area contributed by atoms with E-state index in [4.69, 9.17) is 0 Å². The van der Waals surface area contributed by atoms with Crippen molar-refractivity contribution in [3.8, 4) is 0 Å². The maximum Gasteiger partial charge on any atom is 0.253 e. The highest BCUT2D eigenvalue weighted by Crippen LogP contribution is 2.37. The van der Waals surface area contributed by atoms with E-state index in [1.807, 2.05) is 4.72 Å². The van der Waals surface area contributed by atoms with Gasteiger partial charge >= 0.3 is 0 Å². The summed E-state index contributed by atoms with van der Waals surface area (Å²) in [5.41, 5.74) is -0.505. The highest BCUT2D eigenvalue weighted by molar-refractivity contribution is 7.92. The Bertz CT molecular complexity index is 1080. The van der Waals surface area contributed by atoms with Gasteiger partial charge in [0.1, 0.15) is 5.82 Å². The van der Waals surface area contributed by atoms with Gasteiger partial charge < -0.3 is 5.32 Å². The molecule has 0 saturated carbocycles. The Morgan fingerprint density at radius 1 is 1.16 bits per heavy atom. The molecule has 2 unspecified atom stereocenters. The second kappa shape index (κ2) is 8.82. The smallest absolute Gasteiger partial charge is 0.253 e. The molecule has 1 aromatic carbocycles. The van der Waals surface area contributed by atoms with Crippen LogP contribution in [0.25, 0.3) is 0 Å². The molecule has 13 heteroatoms. The number of sulfonamides is 2. The van der Waals surface area contributed by atoms with E-state index in [2.05, 4.69) is 5.32 Å². The summed E-state index contributed by atoms with van der Waals surface area (Å²) >= 11 is 0. The minimum atomic E-state index is -4.25. The van der Waals surface area contributed by atoms with Crippen molar-refractivity contribution in [2.45, 2.75) is 63.1 Å². The Kier molecular flexibility index (Phi) is 6.83. The number of rotatable bonds is 8. The molecule has 2 heterocycles. The molecule has 3 rings (SSSR count). The molecule has 2 bridgehead atoms. The number of nitrogens with zero attached hydrogens (tertiary/aromatic N) is 1. The topological polar surface area (TPSA) is 113 Å². The van der Waals surface area contributed by atoms with Crippen LogP contribution < -0.4 is 10.0 Å². The van der Waals surface area contributed by atoms with Gasteiger partial charge in [-0.1, -0.05) is 0 Å². The Hall–Kier alpha value is -1.86. The molecule has 0 spiro atoms. The van der Waals surface area contributed by atoms with Gasteiger partial charge in [0.15, 0.2) is 0 Å². The first-order valence-electron chi connectivity index (χ1n) is 10.1. The molecule has 1 aromatic rings. The molecule has 2 aliphatic heterocycles. The number of halogens is 3. The summed E-state index contributed by atoms with van der Waals surface area (Å²) in [5, 5.41) is 2.77. The Balaban J connectivity index is 1.73. The van der Waals surface area contributed by atoms with E-state index in [1.165, 1.54) is 4.31 Å². The van der Waals surface area contributed by atoms with Crippen molar-refractivity contribution < 1.29 is 34.8 Å². The van der Waals surface area contributed by atoms with Gasteiger partial charge in [0.05, 0.1) is 23.3 Å². The van der Waals surface area contributed by atoms with Crippen LogP contribution in [0.15, 0.2) is 18.2 Å². The third kappa shape index (κ3) is 6.13. The summed E-state index contributed by atoms with van der Waals surface area (Å²) in [7, 11) is -7.62. The monoisotopic (exact) mass is 497 g/mol. The standard InChI is InChI=1S/C19H26F3N3O5S2/c1-19(21,22)7-8-32(29,30)24-17-9-12(20)3-6-16(17)18(26)23-13-10-14-4-5-15(11-13)25(14)31(2,27)28/h3,6,9,13-15,24H,4-5,7-8,10-11H2,1-2H3,(H,23,26). The van der Waals surface area contributed by atoms with Gasteiger partial charge in [-0.15, -0.1) is 0 Å². The fourth-order valence-electron chi connectivity index (χ4n) is 4.39. The number of piperidine rings is 1. The summed E-state index contributed by atoms with van der Waals surface area (Å²) in [6.45, 7) is 0.589. The van der Waals surface area contributed by atoms with Gasteiger partial charge in [0.2, 0.25) is 26.0 Å². The van der Waals surface area contributed by atoms with E-state index >= 15 is 0 Å². The first kappa shape index (κ1) is 24.8. The molecule has 0 aliphatic carbocycles. The Morgan fingerprint density at radius 2 is 1.75 bits per heavy atom. The molecular weight excluding hydrogens is 471 g/mol. The minimum absolute atomic E-state index is 0.156. The second-order valence-corrected chi connectivity index (χ2v) is 12.3. The van der Waals surface area contributed by atoms with E-state index in [0.29, 0.717) is 32.6 Å². The van der Waals surface area contributed by atoms with Crippen molar-refractivity contribution in [2.24, 2.45) is 0 Å². The average Bonchev–Trinajstić information content (AvgIpc) is 2.91. The molecule has 2 N–H and O–H groups in total. The molecule has 32 heavy (non-hydrogen) atoms. The maximum absolute atomic E-state index is 13.7. The summed E-state index contributed by atoms with van der Waals surface area (Å²) < 4.78 is 91.7. The highest BCUT2D eigenvalue weighted by Gasteiger charge is 2.45. The number of alkyl halides is 2. The van der Waals surface area contributed by atoms with Crippen molar-refractivity contribution in [1.29, 1.82) is 0 Å². The van der Waals surface area contributed by atoms with Crippen LogP contribution in [0.3, 0.4) is 0 Å². The van der Waals surface area contributed by atoms with Crippen molar-refractivity contribution in [1.82, 2.24) is 9.62 Å². The SMILES string of the molecule is CC(F)(F)CCS(=O)(=O)Nc1cc(F)ccc1C(=O)NC1CC2CCC(C1)N2S(C)(=O)=O. The summed E-state index contributed by atoms with van der Waals surface area (Å²) in [5.74, 6) is -5.57. The molecule has 2 saturated heterocycles. The fourth-order valence-corrected chi connectivity index (χ4v) is 7.09. The Labute approximate surface area is 185 Å². The van der Waals surface area contributed by atoms with Crippen LogP contribution in [0.4, 0.5) is 18.9 Å². The van der Waals surface area contributed by atoms with Gasteiger partial charge in [-0.05, 0) is 50.8 Å². The first-order valence-corrected chi connectivity index (χ1v) is 13.6. The van der Waals surface area contributed by atoms with Crippen LogP contribution in [0.2, 0.25) is 0 Å². The van der Waals surface area contributed by atoms with E-state index < -0.39 is 49.9 Å². The third-order valence-electron chi connectivity index (χ3n) is 5.69. The van der Waals surface area contributed by atoms with E-state index in [1.54, 1.807) is 0 Å². The zero-order valence-corrected chi connectivity index (χ0v) is 19.3. The summed E-state index contributed by atoms with van der Waals surface area (Å²) in [6, 6.07) is 2.12. The van der Waals surface area contributed by atoms with E-state index in [0.717, 1.165) is 24.5 Å². The fraction of sp³-hybridized carbons (Fsp3) is 0.632. The normalized spacial score (nSPS) is 24.3. The number of amides is 1. The van der Waals surface area contributed by atoms with Crippen LogP contribution in [-0.2, 0) is 20.0 Å². The van der Waals surface area contributed by atoms with Crippen molar-refractivity contribution in [3.05, 3.63) is 29.6 Å². The van der Waals surface area contributed by atoms with Crippen LogP contribution in [0.1, 0.15) is 49.4 Å². The van der Waals surface area contributed by atoms with Gasteiger partial charge in [-0.3, -0.25) is 9.52 Å². The van der Waals surface area contributed by atoms with E-state index in [9.17, 15) is 34.8 Å². The lowest BCUT2D eigenvalue weighted by Crippen LogP contribution is -2.52. The number of nitrogens with one attached hydrogen (secondary N) is 2. The number of hydrogen-bond acceptors (Lipinski definition) is 5. The number of carbonyl (C=O) groups excluding carboxylic acids is 1. The predicted molar refractivity (Wildman–Crippen MR) is 113 cm³/mol. The lowest BCUT2D eigenvalue weighted by molar-refractivity contribution is 0.0189. The zero-order chi connectivity index (χ0) is 23.9. The summed E-state index contributed by atoms with van der Waals surface area (Å²) in [4.78, 5) is 12.8. The van der Waals surface area contributed by atoms with Crippen molar-refractivity contribution in [2.75, 3.05) is 16.7 Å². The minimum Gasteiger partial charge on any atom is -0.349 e. The second-order valence-electron chi connectivity index (χ2n) is 8.55. The molecule has 2 fully saturated rings. The molecule has 2 atom stereocenters. The highest BCUT2D eigenvalue weighted by atomic mass is 32.2. The Morgan fingerprint density at radius 3 is 2.28 bits per heavy atom.